The summed E-state index contributed by atoms with van der Waals surface area (Å²) in [4.78, 5) is 11.9. The smallest absolute Gasteiger partial charge is 0.164 e. The first kappa shape index (κ1) is 14.4. The number of allylic oxidation sites excluding steroid dienone is 1. The van der Waals surface area contributed by atoms with E-state index in [0.29, 0.717) is 0 Å². The van der Waals surface area contributed by atoms with Crippen LogP contribution in [0.4, 0.5) is 0 Å². The SMILES string of the molecule is Cc1ccc(C(O)C(C)(C)C(=O)/C=C/I)cc1. The lowest BCUT2D eigenvalue weighted by atomic mass is 9.79. The quantitative estimate of drug-likeness (QED) is 0.670. The third kappa shape index (κ3) is 3.39. The molecule has 0 amide bonds. The topological polar surface area (TPSA) is 37.3 Å². The Balaban J connectivity index is 2.99. The highest BCUT2D eigenvalue weighted by Gasteiger charge is 2.34. The minimum Gasteiger partial charge on any atom is -0.387 e. The first-order chi connectivity index (χ1) is 7.89. The molecule has 1 N–H and O–H groups in total. The number of halogens is 1. The molecule has 2 nitrogen and oxygen atoms in total. The maximum atomic E-state index is 11.9. The summed E-state index contributed by atoms with van der Waals surface area (Å²) < 4.78 is 1.67. The maximum Gasteiger partial charge on any atom is 0.164 e. The number of aliphatic hydroxyl groups is 1. The van der Waals surface area contributed by atoms with Crippen LogP contribution in [0.1, 0.15) is 31.1 Å². The van der Waals surface area contributed by atoms with Crippen molar-refractivity contribution in [3.8, 4) is 0 Å². The molecule has 1 atom stereocenters. The number of hydrogen-bond donors (Lipinski definition) is 1. The standard InChI is InChI=1S/C14H17IO2/c1-10-4-6-11(7-5-10)13(17)14(2,3)12(16)8-9-15/h4-9,13,17H,1-3H3/b9-8+. The van der Waals surface area contributed by atoms with E-state index in [1.807, 2.05) is 53.8 Å². The molecule has 1 unspecified atom stereocenters. The molecular weight excluding hydrogens is 327 g/mol. The largest absolute Gasteiger partial charge is 0.387 e. The molecule has 0 heterocycles. The van der Waals surface area contributed by atoms with E-state index in [0.717, 1.165) is 11.1 Å². The van der Waals surface area contributed by atoms with E-state index in [1.165, 1.54) is 6.08 Å². The van der Waals surface area contributed by atoms with Crippen LogP contribution >= 0.6 is 22.6 Å². The molecule has 1 aromatic rings. The van der Waals surface area contributed by atoms with Gasteiger partial charge in [-0.15, -0.1) is 0 Å². The van der Waals surface area contributed by atoms with Crippen LogP contribution in [0.5, 0.6) is 0 Å². The second kappa shape index (κ2) is 5.78. The normalized spacial score (nSPS) is 13.9. The molecule has 0 fully saturated rings. The molecule has 0 saturated heterocycles. The van der Waals surface area contributed by atoms with Crippen LogP contribution in [0.25, 0.3) is 0 Å². The van der Waals surface area contributed by atoms with Crippen molar-refractivity contribution in [1.82, 2.24) is 0 Å². The fourth-order valence-electron chi connectivity index (χ4n) is 1.57. The van der Waals surface area contributed by atoms with E-state index in [1.54, 1.807) is 17.9 Å². The van der Waals surface area contributed by atoms with E-state index in [2.05, 4.69) is 0 Å². The van der Waals surface area contributed by atoms with Crippen LogP contribution in [-0.2, 0) is 4.79 Å². The van der Waals surface area contributed by atoms with Gasteiger partial charge in [0.05, 0.1) is 11.5 Å². The summed E-state index contributed by atoms with van der Waals surface area (Å²) in [6, 6.07) is 7.60. The van der Waals surface area contributed by atoms with Gasteiger partial charge in [0.1, 0.15) is 0 Å². The number of aryl methyl sites for hydroxylation is 1. The Morgan fingerprint density at radius 3 is 2.35 bits per heavy atom. The molecule has 3 heteroatoms. The number of rotatable bonds is 4. The van der Waals surface area contributed by atoms with Gasteiger partial charge in [0.15, 0.2) is 5.78 Å². The fourth-order valence-corrected chi connectivity index (χ4v) is 1.90. The Kier molecular flexibility index (Phi) is 4.89. The number of aliphatic hydroxyl groups excluding tert-OH is 1. The molecule has 0 aromatic heterocycles. The Hall–Kier alpha value is -0.680. The van der Waals surface area contributed by atoms with E-state index in [9.17, 15) is 9.90 Å². The first-order valence-electron chi connectivity index (χ1n) is 5.45. The molecule has 17 heavy (non-hydrogen) atoms. The average Bonchev–Trinajstić information content (AvgIpc) is 2.29. The van der Waals surface area contributed by atoms with Crippen LogP contribution in [0.15, 0.2) is 34.4 Å². The monoisotopic (exact) mass is 344 g/mol. The van der Waals surface area contributed by atoms with Crippen LogP contribution < -0.4 is 0 Å². The van der Waals surface area contributed by atoms with E-state index in [-0.39, 0.29) is 5.78 Å². The van der Waals surface area contributed by atoms with Gasteiger partial charge in [0.2, 0.25) is 0 Å². The van der Waals surface area contributed by atoms with Crippen molar-refractivity contribution in [1.29, 1.82) is 0 Å². The fraction of sp³-hybridized carbons (Fsp3) is 0.357. The summed E-state index contributed by atoms with van der Waals surface area (Å²) in [5.41, 5.74) is 1.10. The number of carbonyl (C=O) groups is 1. The van der Waals surface area contributed by atoms with Gasteiger partial charge >= 0.3 is 0 Å². The van der Waals surface area contributed by atoms with Crippen LogP contribution in [0.2, 0.25) is 0 Å². The summed E-state index contributed by atoms with van der Waals surface area (Å²) >= 11 is 2.00. The van der Waals surface area contributed by atoms with Gasteiger partial charge in [-0.05, 0) is 36.5 Å². The van der Waals surface area contributed by atoms with Gasteiger partial charge in [0, 0.05) is 0 Å². The van der Waals surface area contributed by atoms with Gasteiger partial charge < -0.3 is 5.11 Å². The zero-order valence-corrected chi connectivity index (χ0v) is 12.4. The van der Waals surface area contributed by atoms with Crippen molar-refractivity contribution < 1.29 is 9.90 Å². The van der Waals surface area contributed by atoms with E-state index in [4.69, 9.17) is 0 Å². The highest BCUT2D eigenvalue weighted by Crippen LogP contribution is 2.34. The molecule has 1 rings (SSSR count). The summed E-state index contributed by atoms with van der Waals surface area (Å²) in [5.74, 6) is -0.0695. The lowest BCUT2D eigenvalue weighted by Gasteiger charge is -2.28. The maximum absolute atomic E-state index is 11.9. The second-order valence-electron chi connectivity index (χ2n) is 4.69. The predicted molar refractivity (Wildman–Crippen MR) is 78.1 cm³/mol. The van der Waals surface area contributed by atoms with Gasteiger partial charge in [0.25, 0.3) is 0 Å². The Morgan fingerprint density at radius 1 is 1.35 bits per heavy atom. The minimum absolute atomic E-state index is 0.0695. The third-order valence-electron chi connectivity index (χ3n) is 2.93. The van der Waals surface area contributed by atoms with Crippen molar-refractivity contribution in [2.75, 3.05) is 0 Å². The molecule has 1 aromatic carbocycles. The van der Waals surface area contributed by atoms with Crippen LogP contribution in [0, 0.1) is 12.3 Å². The van der Waals surface area contributed by atoms with Crippen molar-refractivity contribution in [2.24, 2.45) is 5.41 Å². The van der Waals surface area contributed by atoms with E-state index < -0.39 is 11.5 Å². The molecule has 0 radical (unpaired) electrons. The summed E-state index contributed by atoms with van der Waals surface area (Å²) in [6.07, 6.45) is 0.709. The number of carbonyl (C=O) groups excluding carboxylic acids is 1. The molecule has 0 aliphatic rings. The minimum atomic E-state index is -0.809. The summed E-state index contributed by atoms with van der Waals surface area (Å²) in [5, 5.41) is 10.3. The molecular formula is C14H17IO2. The second-order valence-corrected chi connectivity index (χ2v) is 5.41. The lowest BCUT2D eigenvalue weighted by Crippen LogP contribution is -2.30. The van der Waals surface area contributed by atoms with Crippen molar-refractivity contribution in [3.63, 3.8) is 0 Å². The van der Waals surface area contributed by atoms with Crippen LogP contribution in [0.3, 0.4) is 0 Å². The lowest BCUT2D eigenvalue weighted by molar-refractivity contribution is -0.128. The highest BCUT2D eigenvalue weighted by molar-refractivity contribution is 14.1. The number of benzene rings is 1. The molecule has 0 bridgehead atoms. The zero-order chi connectivity index (χ0) is 13.1. The Labute approximate surface area is 116 Å². The Bertz CT molecular complexity index is 418. The van der Waals surface area contributed by atoms with Crippen molar-refractivity contribution in [2.45, 2.75) is 26.9 Å². The summed E-state index contributed by atoms with van der Waals surface area (Å²) in [7, 11) is 0. The molecule has 0 aliphatic carbocycles. The summed E-state index contributed by atoms with van der Waals surface area (Å²) in [6.45, 7) is 5.51. The number of ketones is 1. The third-order valence-corrected chi connectivity index (χ3v) is 3.29. The van der Waals surface area contributed by atoms with Gasteiger partial charge in [-0.1, -0.05) is 52.4 Å². The van der Waals surface area contributed by atoms with Gasteiger partial charge in [-0.2, -0.15) is 0 Å². The molecule has 0 spiro atoms. The first-order valence-corrected chi connectivity index (χ1v) is 6.70. The predicted octanol–water partition coefficient (Wildman–Crippen LogP) is 3.57. The number of hydrogen-bond acceptors (Lipinski definition) is 2. The zero-order valence-electron chi connectivity index (χ0n) is 10.3. The van der Waals surface area contributed by atoms with E-state index >= 15 is 0 Å². The molecule has 0 saturated carbocycles. The van der Waals surface area contributed by atoms with Crippen molar-refractivity contribution in [3.05, 3.63) is 45.6 Å². The van der Waals surface area contributed by atoms with Gasteiger partial charge in [-0.3, -0.25) is 4.79 Å². The average molecular weight is 344 g/mol. The Morgan fingerprint density at radius 2 is 1.88 bits per heavy atom. The molecule has 0 aliphatic heterocycles. The highest BCUT2D eigenvalue weighted by atomic mass is 127. The van der Waals surface area contributed by atoms with Gasteiger partial charge in [-0.25, -0.2) is 0 Å². The van der Waals surface area contributed by atoms with Crippen molar-refractivity contribution >= 4 is 28.4 Å². The van der Waals surface area contributed by atoms with Crippen LogP contribution in [-0.4, -0.2) is 10.9 Å². The molecule has 92 valence electrons.